The predicted molar refractivity (Wildman–Crippen MR) is 313 cm³/mol. The second-order valence-electron chi connectivity index (χ2n) is 21.0. The van der Waals surface area contributed by atoms with Crippen molar-refractivity contribution in [2.75, 3.05) is 40.9 Å². The van der Waals surface area contributed by atoms with Gasteiger partial charge in [0.25, 0.3) is 0 Å². The number of amides is 1. The lowest BCUT2D eigenvalue weighted by molar-refractivity contribution is -0.870. The molecule has 8 nitrogen and oxygen atoms in total. The third kappa shape index (κ3) is 55.2. The minimum Gasteiger partial charge on any atom is -0.387 e. The second kappa shape index (κ2) is 53.3. The van der Waals surface area contributed by atoms with E-state index >= 15 is 0 Å². The van der Waals surface area contributed by atoms with Crippen LogP contribution in [0, 0.1) is 0 Å². The molecule has 9 heteroatoms. The van der Waals surface area contributed by atoms with Crippen molar-refractivity contribution >= 4 is 13.7 Å². The number of carbonyl (C=O) groups excluding carboxylic acids is 1. The Balaban J connectivity index is 4.31. The van der Waals surface area contributed by atoms with E-state index in [9.17, 15) is 19.4 Å². The summed E-state index contributed by atoms with van der Waals surface area (Å²) >= 11 is 0. The molecule has 3 N–H and O–H groups in total. The maximum atomic E-state index is 13.0. The SMILES string of the molecule is CC/C=C\C/C=C\C/C=C\C/C=C\C/C=C\C/C=C\C/C=C\CCCCCC(=O)NC(COP(=O)(O)OCC[N+](C)(C)C)C(O)/C=C/CCCCCCCCCCCCCCCCCCCCCCCCC. The number of phosphoric acid groups is 1. The Bertz CT molecular complexity index is 1490. The van der Waals surface area contributed by atoms with E-state index in [2.05, 4.69) is 104 Å². The number of nitrogens with one attached hydrogen (secondary N) is 1. The Kier molecular flexibility index (Phi) is 51.3. The van der Waals surface area contributed by atoms with Gasteiger partial charge in [0.15, 0.2) is 0 Å². The average Bonchev–Trinajstić information content (AvgIpc) is 3.34. The van der Waals surface area contributed by atoms with E-state index in [-0.39, 0.29) is 19.1 Å². The Hall–Kier alpha value is -2.58. The van der Waals surface area contributed by atoms with Crippen LogP contribution in [0.15, 0.2) is 97.2 Å². The quantitative estimate of drug-likeness (QED) is 0.0243. The number of quaternary nitrogens is 1. The van der Waals surface area contributed by atoms with E-state index in [0.29, 0.717) is 17.4 Å². The highest BCUT2D eigenvalue weighted by atomic mass is 31.2. The topological polar surface area (TPSA) is 105 Å². The number of phosphoric ester groups is 1. The zero-order valence-electron chi connectivity index (χ0n) is 47.4. The number of aliphatic hydroxyl groups excluding tert-OH is 1. The van der Waals surface area contributed by atoms with E-state index < -0.39 is 20.0 Å². The number of likely N-dealkylation sites (N-methyl/N-ethyl adjacent to an activating group) is 1. The van der Waals surface area contributed by atoms with Gasteiger partial charge in [0, 0.05) is 6.42 Å². The molecular formula is C63H114N2O6P+. The lowest BCUT2D eigenvalue weighted by Crippen LogP contribution is -2.45. The maximum Gasteiger partial charge on any atom is 0.472 e. The summed E-state index contributed by atoms with van der Waals surface area (Å²) in [4.78, 5) is 23.3. The van der Waals surface area contributed by atoms with Crippen molar-refractivity contribution in [2.24, 2.45) is 0 Å². The molecule has 416 valence electrons. The van der Waals surface area contributed by atoms with Crippen LogP contribution >= 0.6 is 7.82 Å². The number of unbranched alkanes of at least 4 members (excludes halogenated alkanes) is 26. The van der Waals surface area contributed by atoms with E-state index in [1.807, 2.05) is 27.2 Å². The van der Waals surface area contributed by atoms with Crippen molar-refractivity contribution in [3.63, 3.8) is 0 Å². The van der Waals surface area contributed by atoms with Crippen LogP contribution in [0.3, 0.4) is 0 Å². The molecule has 0 rings (SSSR count). The van der Waals surface area contributed by atoms with Crippen LogP contribution in [-0.2, 0) is 18.4 Å². The number of hydrogen-bond donors (Lipinski definition) is 3. The largest absolute Gasteiger partial charge is 0.472 e. The first kappa shape index (κ1) is 69.4. The molecule has 0 radical (unpaired) electrons. The van der Waals surface area contributed by atoms with Gasteiger partial charge in [-0.1, -0.05) is 259 Å². The molecule has 0 aromatic rings. The number of allylic oxidation sites excluding steroid dienone is 15. The summed E-state index contributed by atoms with van der Waals surface area (Å²) < 4.78 is 23.7. The molecule has 0 saturated heterocycles. The molecule has 0 fully saturated rings. The van der Waals surface area contributed by atoms with Crippen molar-refractivity contribution < 1.29 is 32.9 Å². The number of nitrogens with zero attached hydrogens (tertiary/aromatic N) is 1. The standard InChI is InChI=1S/C63H113N2O6P/c1-6-8-10-12-14-16-18-20-22-24-26-28-30-32-34-36-38-40-42-44-46-48-50-52-54-56-62(66)61(60-71-72(68,69)70-59-58-65(3,4)5)64-63(67)57-55-53-51-49-47-45-43-41-39-37-35-33-31-29-27-25-23-21-19-17-15-13-11-9-7-2/h9,11,15,17,21,23,27,29,33,35,39,41,45,47,54,56,61-62,66H,6-8,10,12-14,16,18-20,22,24-26,28,30-32,34,36-38,40,42-44,46,48-53,55,57-60H2,1-5H3,(H-,64,67,68,69)/p+1/b11-9-,17-15-,23-21-,29-27-,35-33-,41-39-,47-45-,56-54+. The predicted octanol–water partition coefficient (Wildman–Crippen LogP) is 18.2. The summed E-state index contributed by atoms with van der Waals surface area (Å²) in [6, 6.07) is -0.873. The van der Waals surface area contributed by atoms with E-state index in [4.69, 9.17) is 9.05 Å². The van der Waals surface area contributed by atoms with Crippen LogP contribution in [0.2, 0.25) is 0 Å². The molecular weight excluding hydrogens is 912 g/mol. The minimum absolute atomic E-state index is 0.0496. The number of aliphatic hydroxyl groups is 1. The van der Waals surface area contributed by atoms with E-state index in [1.54, 1.807) is 6.08 Å². The minimum atomic E-state index is -4.37. The van der Waals surface area contributed by atoms with Gasteiger partial charge in [-0.2, -0.15) is 0 Å². The van der Waals surface area contributed by atoms with Crippen LogP contribution < -0.4 is 5.32 Å². The molecule has 0 aliphatic heterocycles. The summed E-state index contributed by atoms with van der Waals surface area (Å²) in [7, 11) is 1.54. The van der Waals surface area contributed by atoms with Crippen molar-refractivity contribution in [3.8, 4) is 0 Å². The molecule has 0 aromatic carbocycles. The smallest absolute Gasteiger partial charge is 0.387 e. The monoisotopic (exact) mass is 1030 g/mol. The molecule has 0 aliphatic carbocycles. The summed E-state index contributed by atoms with van der Waals surface area (Å²) in [5.74, 6) is -0.210. The van der Waals surface area contributed by atoms with Crippen LogP contribution in [0.5, 0.6) is 0 Å². The van der Waals surface area contributed by atoms with Crippen molar-refractivity contribution in [1.82, 2.24) is 5.32 Å². The third-order valence-electron chi connectivity index (χ3n) is 12.8. The van der Waals surface area contributed by atoms with Crippen LogP contribution in [0.4, 0.5) is 0 Å². The summed E-state index contributed by atoms with van der Waals surface area (Å²) in [6.45, 7) is 4.69. The highest BCUT2D eigenvalue weighted by Gasteiger charge is 2.27. The molecule has 0 saturated carbocycles. The van der Waals surface area contributed by atoms with Gasteiger partial charge in [0.05, 0.1) is 39.9 Å². The number of carbonyl (C=O) groups is 1. The van der Waals surface area contributed by atoms with Gasteiger partial charge >= 0.3 is 7.82 Å². The Morgan fingerprint density at radius 3 is 1.22 bits per heavy atom. The summed E-state index contributed by atoms with van der Waals surface area (Å²) in [6.07, 6.45) is 76.5. The first-order valence-corrected chi connectivity index (χ1v) is 31.1. The van der Waals surface area contributed by atoms with Crippen LogP contribution in [0.25, 0.3) is 0 Å². The van der Waals surface area contributed by atoms with Crippen molar-refractivity contribution in [3.05, 3.63) is 97.2 Å². The number of hydrogen-bond acceptors (Lipinski definition) is 5. The van der Waals surface area contributed by atoms with Crippen molar-refractivity contribution in [1.29, 1.82) is 0 Å². The van der Waals surface area contributed by atoms with Gasteiger partial charge in [0.2, 0.25) is 5.91 Å². The van der Waals surface area contributed by atoms with Crippen molar-refractivity contribution in [2.45, 2.75) is 257 Å². The molecule has 0 spiro atoms. The zero-order valence-corrected chi connectivity index (χ0v) is 48.3. The van der Waals surface area contributed by atoms with Gasteiger partial charge < -0.3 is 19.8 Å². The van der Waals surface area contributed by atoms with Gasteiger partial charge in [0.1, 0.15) is 13.2 Å². The molecule has 0 aliphatic rings. The summed E-state index contributed by atoms with van der Waals surface area (Å²) in [5, 5.41) is 13.9. The molecule has 0 bridgehead atoms. The Morgan fingerprint density at radius 2 is 0.833 bits per heavy atom. The first-order valence-electron chi connectivity index (χ1n) is 29.6. The lowest BCUT2D eigenvalue weighted by atomic mass is 10.0. The van der Waals surface area contributed by atoms with Gasteiger partial charge in [-0.05, 0) is 77.0 Å². The first-order chi connectivity index (χ1) is 35.0. The fraction of sp³-hybridized carbons (Fsp3) is 0.730. The number of rotatable bonds is 53. The average molecular weight is 1030 g/mol. The molecule has 0 heterocycles. The van der Waals surface area contributed by atoms with Crippen LogP contribution in [0.1, 0.15) is 245 Å². The van der Waals surface area contributed by atoms with E-state index in [1.165, 1.54) is 135 Å². The van der Waals surface area contributed by atoms with Gasteiger partial charge in [-0.3, -0.25) is 13.8 Å². The maximum absolute atomic E-state index is 13.0. The highest BCUT2D eigenvalue weighted by molar-refractivity contribution is 7.47. The van der Waals surface area contributed by atoms with Gasteiger partial charge in [-0.15, -0.1) is 0 Å². The second-order valence-corrected chi connectivity index (χ2v) is 22.4. The Labute approximate surface area is 445 Å². The fourth-order valence-corrected chi connectivity index (χ4v) is 8.93. The summed E-state index contributed by atoms with van der Waals surface area (Å²) in [5.41, 5.74) is 0. The van der Waals surface area contributed by atoms with Gasteiger partial charge in [-0.25, -0.2) is 4.57 Å². The molecule has 3 unspecified atom stereocenters. The zero-order chi connectivity index (χ0) is 52.7. The fourth-order valence-electron chi connectivity index (χ4n) is 8.20. The molecule has 0 aromatic heterocycles. The van der Waals surface area contributed by atoms with E-state index in [0.717, 1.165) is 89.9 Å². The molecule has 3 atom stereocenters. The lowest BCUT2D eigenvalue weighted by Gasteiger charge is -2.25. The molecule has 1 amide bonds. The molecule has 72 heavy (non-hydrogen) atoms. The third-order valence-corrected chi connectivity index (χ3v) is 13.8. The van der Waals surface area contributed by atoms with Crippen LogP contribution in [-0.4, -0.2) is 73.4 Å². The normalized spacial score (nSPS) is 14.6. The highest BCUT2D eigenvalue weighted by Crippen LogP contribution is 2.43. The Morgan fingerprint density at radius 1 is 0.486 bits per heavy atom.